The molecule has 4 nitrogen and oxygen atoms in total. The van der Waals surface area contributed by atoms with Crippen LogP contribution >= 0.6 is 35.0 Å². The van der Waals surface area contributed by atoms with E-state index >= 15 is 0 Å². The zero-order chi connectivity index (χ0) is 24.3. The summed E-state index contributed by atoms with van der Waals surface area (Å²) < 4.78 is 45.6. The first-order chi connectivity index (χ1) is 16.2. The Kier molecular flexibility index (Phi) is 7.21. The summed E-state index contributed by atoms with van der Waals surface area (Å²) in [7, 11) is 0. The number of amides is 1. The van der Waals surface area contributed by atoms with Crippen molar-refractivity contribution in [3.8, 4) is 5.75 Å². The monoisotopic (exact) mass is 522 g/mol. The highest BCUT2D eigenvalue weighted by atomic mass is 35.5. The molecule has 4 rings (SSSR count). The molecule has 3 aromatic carbocycles. The van der Waals surface area contributed by atoms with Crippen molar-refractivity contribution in [2.24, 2.45) is 4.99 Å². The minimum atomic E-state index is -4.63. The van der Waals surface area contributed by atoms with E-state index in [1.165, 1.54) is 6.07 Å². The van der Waals surface area contributed by atoms with Gasteiger partial charge in [-0.3, -0.25) is 4.79 Å². The van der Waals surface area contributed by atoms with Crippen molar-refractivity contribution in [3.05, 3.63) is 98.4 Å². The van der Waals surface area contributed by atoms with E-state index in [1.807, 2.05) is 18.2 Å². The predicted molar refractivity (Wildman–Crippen MR) is 129 cm³/mol. The van der Waals surface area contributed by atoms with Crippen molar-refractivity contribution < 1.29 is 22.7 Å². The van der Waals surface area contributed by atoms with Crippen LogP contribution in [0, 0.1) is 0 Å². The highest BCUT2D eigenvalue weighted by Crippen LogP contribution is 2.39. The lowest BCUT2D eigenvalue weighted by molar-refractivity contribution is -0.137. The highest BCUT2D eigenvalue weighted by molar-refractivity contribution is 8.18. The van der Waals surface area contributed by atoms with E-state index < -0.39 is 17.6 Å². The summed E-state index contributed by atoms with van der Waals surface area (Å²) in [6, 6.07) is 17.7. The van der Waals surface area contributed by atoms with Crippen LogP contribution in [0.2, 0.25) is 10.0 Å². The molecule has 0 radical (unpaired) electrons. The number of aliphatic imine (C=N–C) groups is 1. The molecular weight excluding hydrogens is 508 g/mol. The molecule has 1 fully saturated rings. The van der Waals surface area contributed by atoms with Crippen LogP contribution < -0.4 is 10.1 Å². The summed E-state index contributed by atoms with van der Waals surface area (Å²) in [6.07, 6.45) is -3.02. The van der Waals surface area contributed by atoms with Gasteiger partial charge in [0.15, 0.2) is 5.17 Å². The Morgan fingerprint density at radius 1 is 1.03 bits per heavy atom. The van der Waals surface area contributed by atoms with Gasteiger partial charge < -0.3 is 10.1 Å². The fourth-order valence-corrected chi connectivity index (χ4v) is 4.21. The average Bonchev–Trinajstić information content (AvgIpc) is 3.13. The maximum atomic E-state index is 13.3. The van der Waals surface area contributed by atoms with Gasteiger partial charge in [-0.2, -0.15) is 13.2 Å². The van der Waals surface area contributed by atoms with Gasteiger partial charge in [0, 0.05) is 15.6 Å². The zero-order valence-corrected chi connectivity index (χ0v) is 19.5. The molecule has 0 unspecified atom stereocenters. The van der Waals surface area contributed by atoms with E-state index in [4.69, 9.17) is 27.9 Å². The molecule has 3 aromatic rings. The third kappa shape index (κ3) is 5.94. The van der Waals surface area contributed by atoms with Crippen LogP contribution in [0.1, 0.15) is 16.7 Å². The first-order valence-corrected chi connectivity index (χ1v) is 11.4. The number of benzene rings is 3. The number of carbonyl (C=O) groups is 1. The van der Waals surface area contributed by atoms with Gasteiger partial charge in [-0.05, 0) is 59.8 Å². The van der Waals surface area contributed by atoms with Crippen molar-refractivity contribution in [2.45, 2.75) is 12.8 Å². The van der Waals surface area contributed by atoms with Gasteiger partial charge in [0.05, 0.1) is 16.2 Å². The SMILES string of the molecule is O=C1NC(=Nc2ccc(Cl)cc2C(F)(F)F)S/C1=C\c1ccc(OCc2ccccc2Cl)cc1. The molecule has 1 amide bonds. The Bertz CT molecular complexity index is 1290. The van der Waals surface area contributed by atoms with Crippen LogP contribution in [-0.4, -0.2) is 11.1 Å². The third-order valence-electron chi connectivity index (χ3n) is 4.67. The lowest BCUT2D eigenvalue weighted by Crippen LogP contribution is -2.19. The zero-order valence-electron chi connectivity index (χ0n) is 17.2. The topological polar surface area (TPSA) is 50.7 Å². The van der Waals surface area contributed by atoms with E-state index in [0.29, 0.717) is 27.8 Å². The quantitative estimate of drug-likeness (QED) is 0.353. The molecule has 1 aliphatic rings. The second-order valence-electron chi connectivity index (χ2n) is 7.09. The number of halogens is 5. The molecule has 0 bridgehead atoms. The molecule has 174 valence electrons. The summed E-state index contributed by atoms with van der Waals surface area (Å²) in [5, 5.41) is 3.10. The van der Waals surface area contributed by atoms with E-state index in [1.54, 1.807) is 36.4 Å². The predicted octanol–water partition coefficient (Wildman–Crippen LogP) is 7.48. The first kappa shape index (κ1) is 24.2. The number of nitrogens with zero attached hydrogens (tertiary/aromatic N) is 1. The molecule has 0 spiro atoms. The Balaban J connectivity index is 1.47. The van der Waals surface area contributed by atoms with E-state index in [-0.39, 0.29) is 15.9 Å². The minimum absolute atomic E-state index is 0.0452. The van der Waals surface area contributed by atoms with Crippen LogP contribution in [0.3, 0.4) is 0 Å². The number of carbonyl (C=O) groups excluding carboxylic acids is 1. The molecule has 0 aromatic heterocycles. The van der Waals surface area contributed by atoms with Crippen molar-refractivity contribution in [1.82, 2.24) is 5.32 Å². The largest absolute Gasteiger partial charge is 0.489 e. The lowest BCUT2D eigenvalue weighted by atomic mass is 10.2. The fraction of sp³-hybridized carbons (Fsp3) is 0.0833. The molecule has 34 heavy (non-hydrogen) atoms. The van der Waals surface area contributed by atoms with Crippen LogP contribution in [0.15, 0.2) is 76.6 Å². The van der Waals surface area contributed by atoms with E-state index in [9.17, 15) is 18.0 Å². The van der Waals surface area contributed by atoms with Gasteiger partial charge in [0.25, 0.3) is 5.91 Å². The molecule has 1 heterocycles. The fourth-order valence-electron chi connectivity index (χ4n) is 3.01. The molecule has 1 N–H and O–H groups in total. The van der Waals surface area contributed by atoms with E-state index in [0.717, 1.165) is 29.5 Å². The summed E-state index contributed by atoms with van der Waals surface area (Å²) in [4.78, 5) is 16.6. The van der Waals surface area contributed by atoms with Gasteiger partial charge in [0.2, 0.25) is 0 Å². The number of hydrogen-bond acceptors (Lipinski definition) is 4. The summed E-state index contributed by atoms with van der Waals surface area (Å²) >= 11 is 12.8. The van der Waals surface area contributed by atoms with Gasteiger partial charge in [-0.1, -0.05) is 53.5 Å². The van der Waals surface area contributed by atoms with Crippen molar-refractivity contribution in [3.63, 3.8) is 0 Å². The number of amidine groups is 1. The number of ether oxygens (including phenoxy) is 1. The molecule has 0 saturated carbocycles. The van der Waals surface area contributed by atoms with Crippen LogP contribution in [0.5, 0.6) is 5.75 Å². The Morgan fingerprint density at radius 3 is 2.47 bits per heavy atom. The minimum Gasteiger partial charge on any atom is -0.489 e. The first-order valence-electron chi connectivity index (χ1n) is 9.81. The summed E-state index contributed by atoms with van der Waals surface area (Å²) in [6.45, 7) is 0.308. The molecule has 1 saturated heterocycles. The van der Waals surface area contributed by atoms with Gasteiger partial charge in [-0.15, -0.1) is 0 Å². The number of nitrogens with one attached hydrogen (secondary N) is 1. The molecular formula is C24H15Cl2F3N2O2S. The second kappa shape index (κ2) is 10.1. The average molecular weight is 523 g/mol. The second-order valence-corrected chi connectivity index (χ2v) is 8.96. The standard InChI is InChI=1S/C24H15Cl2F3N2O2S/c25-16-7-10-20(18(12-16)24(27,28)29)30-23-31-22(32)21(34-23)11-14-5-8-17(9-6-14)33-13-15-3-1-2-4-19(15)26/h1-12H,13H2,(H,30,31,32)/b21-11-. The van der Waals surface area contributed by atoms with Crippen LogP contribution in [0.4, 0.5) is 18.9 Å². The van der Waals surface area contributed by atoms with Gasteiger partial charge >= 0.3 is 6.18 Å². The Morgan fingerprint density at radius 2 is 1.76 bits per heavy atom. The highest BCUT2D eigenvalue weighted by Gasteiger charge is 2.34. The number of alkyl halides is 3. The van der Waals surface area contributed by atoms with Gasteiger partial charge in [0.1, 0.15) is 12.4 Å². The summed E-state index contributed by atoms with van der Waals surface area (Å²) in [5.74, 6) is 0.167. The number of rotatable bonds is 5. The summed E-state index contributed by atoms with van der Waals surface area (Å²) in [5.41, 5.74) is 0.259. The van der Waals surface area contributed by atoms with Crippen LogP contribution in [0.25, 0.3) is 6.08 Å². The van der Waals surface area contributed by atoms with Crippen molar-refractivity contribution in [2.75, 3.05) is 0 Å². The Labute approximate surface area is 207 Å². The molecule has 0 atom stereocenters. The number of hydrogen-bond donors (Lipinski definition) is 1. The normalized spacial score (nSPS) is 16.2. The third-order valence-corrected chi connectivity index (χ3v) is 6.18. The smallest absolute Gasteiger partial charge is 0.418 e. The van der Waals surface area contributed by atoms with Gasteiger partial charge in [-0.25, -0.2) is 4.99 Å². The maximum absolute atomic E-state index is 13.3. The molecule has 0 aliphatic carbocycles. The van der Waals surface area contributed by atoms with Crippen LogP contribution in [-0.2, 0) is 17.6 Å². The van der Waals surface area contributed by atoms with E-state index in [2.05, 4.69) is 10.3 Å². The number of thioether (sulfide) groups is 1. The Hall–Kier alpha value is -2.94. The maximum Gasteiger partial charge on any atom is 0.418 e. The molecule has 10 heteroatoms. The van der Waals surface area contributed by atoms with Crippen molar-refractivity contribution in [1.29, 1.82) is 0 Å². The molecule has 1 aliphatic heterocycles. The van der Waals surface area contributed by atoms with Crippen molar-refractivity contribution >= 4 is 57.8 Å². The lowest BCUT2D eigenvalue weighted by Gasteiger charge is -2.10.